The van der Waals surface area contributed by atoms with Crippen LogP contribution in [0.15, 0.2) is 30.3 Å². The van der Waals surface area contributed by atoms with Crippen molar-refractivity contribution in [3.8, 4) is 0 Å². The number of carbonyl (C=O) groups is 1. The summed E-state index contributed by atoms with van der Waals surface area (Å²) in [5.41, 5.74) is 12.3. The quantitative estimate of drug-likeness (QED) is 0.673. The van der Waals surface area contributed by atoms with Crippen molar-refractivity contribution >= 4 is 5.91 Å². The molecule has 0 aliphatic heterocycles. The lowest BCUT2D eigenvalue weighted by Gasteiger charge is -2.19. The van der Waals surface area contributed by atoms with Crippen LogP contribution in [0.25, 0.3) is 0 Å². The Morgan fingerprint density at radius 2 is 2.00 bits per heavy atom. The first-order chi connectivity index (χ1) is 7.66. The summed E-state index contributed by atoms with van der Waals surface area (Å²) < 4.78 is 0. The van der Waals surface area contributed by atoms with Crippen LogP contribution >= 0.6 is 0 Å². The molecule has 88 valence electrons. The van der Waals surface area contributed by atoms with E-state index in [1.165, 1.54) is 0 Å². The number of nitrogens with two attached hydrogens (primary N) is 2. The molecule has 2 unspecified atom stereocenters. The zero-order chi connectivity index (χ0) is 12.0. The van der Waals surface area contributed by atoms with Crippen LogP contribution in [-0.4, -0.2) is 19.0 Å². The molecule has 0 aromatic heterocycles. The monoisotopic (exact) mass is 221 g/mol. The van der Waals surface area contributed by atoms with Crippen LogP contribution in [0.1, 0.15) is 18.5 Å². The van der Waals surface area contributed by atoms with Crippen LogP contribution < -0.4 is 16.8 Å². The van der Waals surface area contributed by atoms with Gasteiger partial charge in [0.2, 0.25) is 5.91 Å². The van der Waals surface area contributed by atoms with Crippen molar-refractivity contribution in [1.29, 1.82) is 0 Å². The second-order valence-electron chi connectivity index (χ2n) is 3.80. The summed E-state index contributed by atoms with van der Waals surface area (Å²) in [7, 11) is 0. The number of benzene rings is 1. The molecule has 0 heterocycles. The Bertz CT molecular complexity index is 326. The third-order valence-corrected chi connectivity index (χ3v) is 2.58. The zero-order valence-electron chi connectivity index (χ0n) is 9.52. The van der Waals surface area contributed by atoms with Gasteiger partial charge in [-0.05, 0) is 5.56 Å². The maximum Gasteiger partial charge on any atom is 0.224 e. The van der Waals surface area contributed by atoms with Crippen molar-refractivity contribution < 1.29 is 4.79 Å². The van der Waals surface area contributed by atoms with Gasteiger partial charge in [-0.15, -0.1) is 0 Å². The molecule has 0 saturated carbocycles. The molecule has 2 atom stereocenters. The molecule has 16 heavy (non-hydrogen) atoms. The lowest BCUT2D eigenvalue weighted by Crippen LogP contribution is -2.37. The van der Waals surface area contributed by atoms with Crippen molar-refractivity contribution in [1.82, 2.24) is 5.32 Å². The van der Waals surface area contributed by atoms with Gasteiger partial charge in [0.05, 0.1) is 5.92 Å². The average Bonchev–Trinajstić information content (AvgIpc) is 2.35. The number of rotatable bonds is 5. The zero-order valence-corrected chi connectivity index (χ0v) is 9.52. The topological polar surface area (TPSA) is 81.1 Å². The molecule has 1 amide bonds. The molecule has 4 nitrogen and oxygen atoms in total. The highest BCUT2D eigenvalue weighted by Gasteiger charge is 2.21. The van der Waals surface area contributed by atoms with Crippen molar-refractivity contribution in [3.63, 3.8) is 0 Å². The van der Waals surface area contributed by atoms with E-state index >= 15 is 0 Å². The maximum atomic E-state index is 11.7. The van der Waals surface area contributed by atoms with E-state index in [9.17, 15) is 4.79 Å². The first kappa shape index (κ1) is 12.7. The number of nitrogens with one attached hydrogen (secondary N) is 1. The minimum absolute atomic E-state index is 0.0539. The predicted molar refractivity (Wildman–Crippen MR) is 64.6 cm³/mol. The highest BCUT2D eigenvalue weighted by atomic mass is 16.1. The molecular formula is C12H19N3O. The standard InChI is InChI=1S/C12H19N3O/c1-9(12(16)15-8-7-13)11(14)10-5-3-2-4-6-10/h2-6,9,11H,7-8,13-14H2,1H3,(H,15,16). The third-order valence-electron chi connectivity index (χ3n) is 2.58. The average molecular weight is 221 g/mol. The predicted octanol–water partition coefficient (Wildman–Crippen LogP) is 0.397. The largest absolute Gasteiger partial charge is 0.355 e. The number of carbonyl (C=O) groups excluding carboxylic acids is 1. The Hall–Kier alpha value is -1.39. The number of hydrogen-bond acceptors (Lipinski definition) is 3. The van der Waals surface area contributed by atoms with E-state index in [2.05, 4.69) is 5.32 Å². The van der Waals surface area contributed by atoms with Gasteiger partial charge in [0.1, 0.15) is 0 Å². The van der Waals surface area contributed by atoms with Gasteiger partial charge in [-0.25, -0.2) is 0 Å². The molecule has 1 aromatic carbocycles. The third kappa shape index (κ3) is 3.32. The molecule has 0 saturated heterocycles. The molecule has 1 rings (SSSR count). The van der Waals surface area contributed by atoms with Crippen molar-refractivity contribution in [2.75, 3.05) is 13.1 Å². The lowest BCUT2D eigenvalue weighted by molar-refractivity contribution is -0.125. The van der Waals surface area contributed by atoms with Gasteiger partial charge < -0.3 is 16.8 Å². The van der Waals surface area contributed by atoms with E-state index in [1.54, 1.807) is 0 Å². The van der Waals surface area contributed by atoms with Gasteiger partial charge in [0.15, 0.2) is 0 Å². The van der Waals surface area contributed by atoms with Crippen LogP contribution in [0.3, 0.4) is 0 Å². The molecular weight excluding hydrogens is 202 g/mol. The molecule has 0 spiro atoms. The molecule has 1 aromatic rings. The molecule has 4 heteroatoms. The SMILES string of the molecule is CC(C(=O)NCCN)C(N)c1ccccc1. The normalized spacial score (nSPS) is 14.2. The highest BCUT2D eigenvalue weighted by molar-refractivity contribution is 5.79. The molecule has 0 aliphatic carbocycles. The molecule has 0 bridgehead atoms. The van der Waals surface area contributed by atoms with E-state index in [4.69, 9.17) is 11.5 Å². The summed E-state index contributed by atoms with van der Waals surface area (Å²) in [5, 5.41) is 2.74. The van der Waals surface area contributed by atoms with Crippen LogP contribution in [0.2, 0.25) is 0 Å². The minimum Gasteiger partial charge on any atom is -0.355 e. The summed E-state index contributed by atoms with van der Waals surface area (Å²) in [6.07, 6.45) is 0. The van der Waals surface area contributed by atoms with Gasteiger partial charge in [-0.3, -0.25) is 4.79 Å². The van der Waals surface area contributed by atoms with E-state index in [0.29, 0.717) is 13.1 Å². The summed E-state index contributed by atoms with van der Waals surface area (Å²) in [5.74, 6) is -0.309. The first-order valence-corrected chi connectivity index (χ1v) is 5.45. The van der Waals surface area contributed by atoms with Crippen LogP contribution in [0.5, 0.6) is 0 Å². The fraction of sp³-hybridized carbons (Fsp3) is 0.417. The van der Waals surface area contributed by atoms with Crippen LogP contribution in [0.4, 0.5) is 0 Å². The van der Waals surface area contributed by atoms with Crippen molar-refractivity contribution in [2.24, 2.45) is 17.4 Å². The summed E-state index contributed by atoms with van der Waals surface area (Å²) in [4.78, 5) is 11.7. The molecule has 0 fully saturated rings. The lowest BCUT2D eigenvalue weighted by atomic mass is 9.95. The summed E-state index contributed by atoms with van der Waals surface area (Å²) in [6, 6.07) is 9.34. The fourth-order valence-corrected chi connectivity index (χ4v) is 1.48. The summed E-state index contributed by atoms with van der Waals surface area (Å²) >= 11 is 0. The van der Waals surface area contributed by atoms with E-state index in [-0.39, 0.29) is 17.9 Å². The smallest absolute Gasteiger partial charge is 0.224 e. The highest BCUT2D eigenvalue weighted by Crippen LogP contribution is 2.18. The number of amides is 1. The Labute approximate surface area is 96.0 Å². The Kier molecular flexibility index (Phi) is 4.95. The van der Waals surface area contributed by atoms with Gasteiger partial charge in [-0.1, -0.05) is 37.3 Å². The molecule has 5 N–H and O–H groups in total. The Balaban J connectivity index is 2.60. The van der Waals surface area contributed by atoms with E-state index < -0.39 is 0 Å². The van der Waals surface area contributed by atoms with Gasteiger partial charge in [0, 0.05) is 19.1 Å². The molecule has 0 aliphatic rings. The van der Waals surface area contributed by atoms with Gasteiger partial charge in [-0.2, -0.15) is 0 Å². The second kappa shape index (κ2) is 6.25. The first-order valence-electron chi connectivity index (χ1n) is 5.45. The minimum atomic E-state index is -0.279. The van der Waals surface area contributed by atoms with E-state index in [0.717, 1.165) is 5.56 Å². The van der Waals surface area contributed by atoms with Crippen LogP contribution in [-0.2, 0) is 4.79 Å². The second-order valence-corrected chi connectivity index (χ2v) is 3.80. The van der Waals surface area contributed by atoms with Gasteiger partial charge in [0.25, 0.3) is 0 Å². The fourth-order valence-electron chi connectivity index (χ4n) is 1.48. The van der Waals surface area contributed by atoms with Gasteiger partial charge >= 0.3 is 0 Å². The maximum absolute atomic E-state index is 11.7. The Morgan fingerprint density at radius 3 is 2.56 bits per heavy atom. The van der Waals surface area contributed by atoms with Crippen molar-refractivity contribution in [3.05, 3.63) is 35.9 Å². The van der Waals surface area contributed by atoms with Crippen molar-refractivity contribution in [2.45, 2.75) is 13.0 Å². The summed E-state index contributed by atoms with van der Waals surface area (Å²) in [6.45, 7) is 2.76. The number of hydrogen-bond donors (Lipinski definition) is 3. The van der Waals surface area contributed by atoms with E-state index in [1.807, 2.05) is 37.3 Å². The Morgan fingerprint density at radius 1 is 1.38 bits per heavy atom. The van der Waals surface area contributed by atoms with Crippen LogP contribution in [0, 0.1) is 5.92 Å². The molecule has 0 radical (unpaired) electrons.